The van der Waals surface area contributed by atoms with E-state index in [-0.39, 0.29) is 5.97 Å². The molecule has 0 amide bonds. The topological polar surface area (TPSA) is 46.5 Å². The normalized spacial score (nSPS) is 13.6. The van der Waals surface area contributed by atoms with Crippen molar-refractivity contribution in [2.75, 3.05) is 6.61 Å². The van der Waals surface area contributed by atoms with Gasteiger partial charge in [0.05, 0.1) is 18.3 Å². The minimum atomic E-state index is -0.694. The summed E-state index contributed by atoms with van der Waals surface area (Å²) in [6, 6.07) is 0. The number of aliphatic hydroxyl groups is 1. The molecule has 136 valence electrons. The first kappa shape index (κ1) is 22.9. The van der Waals surface area contributed by atoms with Crippen LogP contribution in [0, 0.1) is 0 Å². The van der Waals surface area contributed by atoms with Gasteiger partial charge in [0.15, 0.2) is 0 Å². The van der Waals surface area contributed by atoms with Crippen molar-refractivity contribution < 1.29 is 14.6 Å². The maximum Gasteiger partial charge on any atom is 0.337 e. The Labute approximate surface area is 156 Å². The van der Waals surface area contributed by atoms with E-state index < -0.39 is 6.10 Å². The summed E-state index contributed by atoms with van der Waals surface area (Å²) in [4.78, 5) is 12.1. The van der Waals surface area contributed by atoms with Gasteiger partial charge in [0.1, 0.15) is 0 Å². The maximum absolute atomic E-state index is 12.1. The number of rotatable bonds is 14. The zero-order valence-corrected chi connectivity index (χ0v) is 17.4. The zero-order chi connectivity index (χ0) is 17.5. The number of allylic oxidation sites excluding steroid dienone is 1. The fourth-order valence-electron chi connectivity index (χ4n) is 2.60. The highest BCUT2D eigenvalue weighted by Gasteiger charge is 2.22. The van der Waals surface area contributed by atoms with E-state index in [4.69, 9.17) is 4.74 Å². The molecule has 0 aliphatic rings. The second-order valence-electron chi connectivity index (χ2n) is 6.07. The second kappa shape index (κ2) is 15.4. The van der Waals surface area contributed by atoms with Crippen LogP contribution in [0.15, 0.2) is 9.15 Å². The van der Waals surface area contributed by atoms with E-state index in [9.17, 15) is 9.90 Å². The number of esters is 1. The van der Waals surface area contributed by atoms with E-state index in [0.29, 0.717) is 18.6 Å². The second-order valence-corrected chi connectivity index (χ2v) is 7.37. The molecule has 0 saturated carbocycles. The average molecular weight is 438 g/mol. The van der Waals surface area contributed by atoms with Crippen LogP contribution in [0.25, 0.3) is 0 Å². The van der Waals surface area contributed by atoms with Crippen LogP contribution in [0.5, 0.6) is 0 Å². The summed E-state index contributed by atoms with van der Waals surface area (Å²) in [6.07, 6.45) is 11.8. The van der Waals surface area contributed by atoms with Gasteiger partial charge in [0.2, 0.25) is 0 Å². The number of ether oxygens (including phenoxy) is 1. The Bertz CT molecular complexity index is 340. The first-order chi connectivity index (χ1) is 11.1. The highest BCUT2D eigenvalue weighted by molar-refractivity contribution is 14.1. The van der Waals surface area contributed by atoms with Crippen LogP contribution in [0.3, 0.4) is 0 Å². The van der Waals surface area contributed by atoms with Gasteiger partial charge in [0, 0.05) is 3.58 Å². The molecule has 1 unspecified atom stereocenters. The minimum absolute atomic E-state index is 0.350. The van der Waals surface area contributed by atoms with Crippen molar-refractivity contribution >= 4 is 28.6 Å². The molecule has 0 heterocycles. The minimum Gasteiger partial charge on any atom is -0.463 e. The number of halogens is 1. The molecule has 0 saturated heterocycles. The largest absolute Gasteiger partial charge is 0.463 e. The van der Waals surface area contributed by atoms with Gasteiger partial charge in [-0.1, -0.05) is 65.2 Å². The molecular weight excluding hydrogens is 403 g/mol. The summed E-state index contributed by atoms with van der Waals surface area (Å²) in [7, 11) is 0. The number of aliphatic hydroxyl groups excluding tert-OH is 1. The monoisotopic (exact) mass is 438 g/mol. The van der Waals surface area contributed by atoms with Crippen molar-refractivity contribution in [3.8, 4) is 0 Å². The van der Waals surface area contributed by atoms with Gasteiger partial charge in [-0.2, -0.15) is 0 Å². The molecule has 0 aromatic heterocycles. The molecule has 4 heteroatoms. The van der Waals surface area contributed by atoms with Crippen LogP contribution in [0.4, 0.5) is 0 Å². The molecule has 0 rings (SSSR count). The Balaban J connectivity index is 4.29. The summed E-state index contributed by atoms with van der Waals surface area (Å²) in [5.41, 5.74) is 0.484. The number of hydrogen-bond acceptors (Lipinski definition) is 3. The lowest BCUT2D eigenvalue weighted by Crippen LogP contribution is -2.21. The summed E-state index contributed by atoms with van der Waals surface area (Å²) < 4.78 is 6.08. The molecule has 0 spiro atoms. The number of hydrogen-bond donors (Lipinski definition) is 1. The van der Waals surface area contributed by atoms with Crippen molar-refractivity contribution in [3.05, 3.63) is 9.15 Å². The molecule has 23 heavy (non-hydrogen) atoms. The van der Waals surface area contributed by atoms with Gasteiger partial charge in [-0.05, 0) is 48.8 Å². The molecule has 0 radical (unpaired) electrons. The van der Waals surface area contributed by atoms with Gasteiger partial charge < -0.3 is 9.84 Å². The Morgan fingerprint density at radius 1 is 0.957 bits per heavy atom. The van der Waals surface area contributed by atoms with Crippen LogP contribution < -0.4 is 0 Å². The third-order valence-electron chi connectivity index (χ3n) is 3.93. The number of unbranched alkanes of at least 4 members (excludes halogenated alkanes) is 7. The molecule has 0 aliphatic heterocycles. The van der Waals surface area contributed by atoms with E-state index in [1.807, 2.05) is 6.92 Å². The lowest BCUT2D eigenvalue weighted by Gasteiger charge is -2.16. The van der Waals surface area contributed by atoms with E-state index in [2.05, 4.69) is 29.5 Å². The Hall–Kier alpha value is -0.100. The summed E-state index contributed by atoms with van der Waals surface area (Å²) in [5.74, 6) is -0.350. The Morgan fingerprint density at radius 3 is 2.04 bits per heavy atom. The van der Waals surface area contributed by atoms with Crippen LogP contribution in [0.1, 0.15) is 91.4 Å². The third kappa shape index (κ3) is 11.1. The molecule has 0 bridgehead atoms. The fraction of sp³-hybridized carbons (Fsp3) is 0.842. The van der Waals surface area contributed by atoms with E-state index >= 15 is 0 Å². The van der Waals surface area contributed by atoms with E-state index in [1.165, 1.54) is 44.9 Å². The molecule has 0 fully saturated rings. The molecule has 0 aliphatic carbocycles. The Morgan fingerprint density at radius 2 is 1.52 bits per heavy atom. The molecule has 0 aromatic rings. The van der Waals surface area contributed by atoms with Gasteiger partial charge >= 0.3 is 5.97 Å². The quantitative estimate of drug-likeness (QED) is 0.158. The van der Waals surface area contributed by atoms with Gasteiger partial charge in [-0.25, -0.2) is 4.79 Å². The van der Waals surface area contributed by atoms with Crippen LogP contribution >= 0.6 is 22.6 Å². The molecule has 1 atom stereocenters. The van der Waals surface area contributed by atoms with Crippen LogP contribution in [0.2, 0.25) is 0 Å². The highest BCUT2D eigenvalue weighted by atomic mass is 127. The van der Waals surface area contributed by atoms with E-state index in [0.717, 1.165) is 22.8 Å². The van der Waals surface area contributed by atoms with Crippen molar-refractivity contribution in [2.45, 2.75) is 97.5 Å². The van der Waals surface area contributed by atoms with Crippen LogP contribution in [-0.4, -0.2) is 23.8 Å². The predicted octanol–water partition coefficient (Wildman–Crippen LogP) is 5.93. The van der Waals surface area contributed by atoms with Crippen molar-refractivity contribution in [1.82, 2.24) is 0 Å². The van der Waals surface area contributed by atoms with Crippen LogP contribution in [-0.2, 0) is 9.53 Å². The lowest BCUT2D eigenvalue weighted by molar-refractivity contribution is -0.139. The average Bonchev–Trinajstić information content (AvgIpc) is 2.50. The maximum atomic E-state index is 12.1. The Kier molecular flexibility index (Phi) is 15.4. The van der Waals surface area contributed by atoms with Gasteiger partial charge in [-0.3, -0.25) is 0 Å². The summed E-state index contributed by atoms with van der Waals surface area (Å²) in [6.45, 7) is 6.40. The lowest BCUT2D eigenvalue weighted by atomic mass is 10.0. The summed E-state index contributed by atoms with van der Waals surface area (Å²) >= 11 is 2.21. The van der Waals surface area contributed by atoms with Crippen molar-refractivity contribution in [3.63, 3.8) is 0 Å². The zero-order valence-electron chi connectivity index (χ0n) is 15.2. The van der Waals surface area contributed by atoms with Crippen molar-refractivity contribution in [1.29, 1.82) is 0 Å². The molecule has 0 aromatic carbocycles. The highest BCUT2D eigenvalue weighted by Crippen LogP contribution is 2.26. The third-order valence-corrected chi connectivity index (χ3v) is 5.05. The molecule has 3 nitrogen and oxygen atoms in total. The standard InChI is InChI=1S/C19H35IO3/c1-4-7-8-9-10-11-12-13-15-16(20)18(17(21)14-5-2)19(22)23-6-3/h17,21H,4-15H2,1-3H3/b18-16+. The first-order valence-electron chi connectivity index (χ1n) is 9.32. The van der Waals surface area contributed by atoms with Gasteiger partial charge in [-0.15, -0.1) is 0 Å². The SMILES string of the molecule is CCCCCCCCCC/C(I)=C(\C(=O)OCC)C(O)CCC. The van der Waals surface area contributed by atoms with Crippen molar-refractivity contribution in [2.24, 2.45) is 0 Å². The smallest absolute Gasteiger partial charge is 0.337 e. The van der Waals surface area contributed by atoms with E-state index in [1.54, 1.807) is 6.92 Å². The predicted molar refractivity (Wildman–Crippen MR) is 106 cm³/mol. The fourth-order valence-corrected chi connectivity index (χ4v) is 3.56. The number of carbonyl (C=O) groups excluding carboxylic acids is 1. The summed E-state index contributed by atoms with van der Waals surface area (Å²) in [5, 5.41) is 10.2. The number of carbonyl (C=O) groups is 1. The van der Waals surface area contributed by atoms with Gasteiger partial charge in [0.25, 0.3) is 0 Å². The first-order valence-corrected chi connectivity index (χ1v) is 10.4. The molecular formula is C19H35IO3. The molecule has 1 N–H and O–H groups in total.